The lowest BCUT2D eigenvalue weighted by atomic mass is 10.3. The predicted octanol–water partition coefficient (Wildman–Crippen LogP) is 3.65. The first kappa shape index (κ1) is 9.83. The van der Waals surface area contributed by atoms with Gasteiger partial charge in [-0.25, -0.2) is 0 Å². The molecule has 0 aromatic heterocycles. The molecular formula is C6H3BrClNO2S. The van der Waals surface area contributed by atoms with Crippen molar-refractivity contribution in [2.75, 3.05) is 0 Å². The van der Waals surface area contributed by atoms with Gasteiger partial charge in [-0.2, -0.15) is 0 Å². The summed E-state index contributed by atoms with van der Waals surface area (Å²) >= 11 is 8.66. The fourth-order valence-electron chi connectivity index (χ4n) is 0.698. The molecule has 0 aliphatic heterocycles. The molecular weight excluding hydrogens is 265 g/mol. The summed E-state index contributed by atoms with van der Waals surface area (Å²) in [6, 6.07) is 4.53. The van der Waals surface area contributed by atoms with Gasteiger partial charge in [0.15, 0.2) is 0 Å². The van der Waals surface area contributed by atoms with Crippen LogP contribution in [0.4, 0.5) is 5.69 Å². The maximum atomic E-state index is 10.4. The van der Waals surface area contributed by atoms with Gasteiger partial charge in [0, 0.05) is 11.1 Å². The van der Waals surface area contributed by atoms with Gasteiger partial charge in [-0.3, -0.25) is 10.1 Å². The number of nitro groups is 1. The Hall–Kier alpha value is -0.260. The molecule has 0 aliphatic carbocycles. The molecule has 3 nitrogen and oxygen atoms in total. The molecule has 0 N–H and O–H groups in total. The van der Waals surface area contributed by atoms with Crippen LogP contribution < -0.4 is 0 Å². The normalized spacial score (nSPS) is 9.83. The van der Waals surface area contributed by atoms with E-state index in [1.165, 1.54) is 6.07 Å². The van der Waals surface area contributed by atoms with Gasteiger partial charge in [0.05, 0.1) is 9.82 Å². The Morgan fingerprint density at radius 1 is 1.58 bits per heavy atom. The van der Waals surface area contributed by atoms with E-state index in [1.54, 1.807) is 12.1 Å². The molecule has 0 amide bonds. The van der Waals surface area contributed by atoms with Crippen LogP contribution in [0.15, 0.2) is 23.1 Å². The highest BCUT2D eigenvalue weighted by molar-refractivity contribution is 9.50. The maximum absolute atomic E-state index is 10.4. The lowest BCUT2D eigenvalue weighted by Crippen LogP contribution is -1.89. The molecule has 0 heterocycles. The molecule has 6 heteroatoms. The minimum atomic E-state index is -0.463. The van der Waals surface area contributed by atoms with Crippen LogP contribution in [0.25, 0.3) is 0 Å². The molecule has 0 aliphatic rings. The van der Waals surface area contributed by atoms with E-state index in [-0.39, 0.29) is 5.69 Å². The fourth-order valence-corrected chi connectivity index (χ4v) is 2.02. The Kier molecular flexibility index (Phi) is 3.37. The van der Waals surface area contributed by atoms with Crippen molar-refractivity contribution in [2.24, 2.45) is 0 Å². The highest BCUT2D eigenvalue weighted by Gasteiger charge is 2.13. The summed E-state index contributed by atoms with van der Waals surface area (Å²) in [5.74, 6) is 0. The molecule has 12 heavy (non-hydrogen) atoms. The molecule has 64 valence electrons. The van der Waals surface area contributed by atoms with Gasteiger partial charge in [-0.1, -0.05) is 11.6 Å². The lowest BCUT2D eigenvalue weighted by Gasteiger charge is -1.97. The van der Waals surface area contributed by atoms with E-state index in [4.69, 9.17) is 11.6 Å². The summed E-state index contributed by atoms with van der Waals surface area (Å²) < 4.78 is 0. The molecule has 0 unspecified atom stereocenters. The number of benzene rings is 1. The van der Waals surface area contributed by atoms with Crippen molar-refractivity contribution >= 4 is 42.3 Å². The van der Waals surface area contributed by atoms with Crippen LogP contribution in [-0.4, -0.2) is 4.92 Å². The van der Waals surface area contributed by atoms with Crippen LogP contribution in [0.5, 0.6) is 0 Å². The van der Waals surface area contributed by atoms with Crippen molar-refractivity contribution in [3.63, 3.8) is 0 Å². The Balaban J connectivity index is 3.21. The SMILES string of the molecule is O=[N+]([O-])c1cc(Cl)ccc1SBr. The van der Waals surface area contributed by atoms with Crippen molar-refractivity contribution in [2.45, 2.75) is 4.90 Å². The molecule has 0 saturated carbocycles. The fraction of sp³-hybridized carbons (Fsp3) is 0. The molecule has 0 saturated heterocycles. The molecule has 0 fully saturated rings. The summed E-state index contributed by atoms with van der Waals surface area (Å²) in [6.07, 6.45) is 0. The number of hydrogen-bond donors (Lipinski definition) is 0. The van der Waals surface area contributed by atoms with Gasteiger partial charge >= 0.3 is 0 Å². The third-order valence-corrected chi connectivity index (χ3v) is 2.99. The van der Waals surface area contributed by atoms with Crippen LogP contribution in [0.3, 0.4) is 0 Å². The Bertz CT molecular complexity index is 320. The average Bonchev–Trinajstić information content (AvgIpc) is 2.04. The van der Waals surface area contributed by atoms with Crippen LogP contribution in [0, 0.1) is 10.1 Å². The second kappa shape index (κ2) is 4.11. The van der Waals surface area contributed by atoms with Crippen LogP contribution in [0.1, 0.15) is 0 Å². The Labute approximate surface area is 85.5 Å². The topological polar surface area (TPSA) is 43.1 Å². The Morgan fingerprint density at radius 3 is 2.75 bits per heavy atom. The number of halogens is 2. The predicted molar refractivity (Wildman–Crippen MR) is 52.9 cm³/mol. The van der Waals surface area contributed by atoms with E-state index in [9.17, 15) is 10.1 Å². The largest absolute Gasteiger partial charge is 0.285 e. The monoisotopic (exact) mass is 267 g/mol. The van der Waals surface area contributed by atoms with Crippen molar-refractivity contribution in [1.29, 1.82) is 0 Å². The molecule has 0 bridgehead atoms. The van der Waals surface area contributed by atoms with Gasteiger partial charge in [0.2, 0.25) is 0 Å². The number of nitrogens with zero attached hydrogens (tertiary/aromatic N) is 1. The Morgan fingerprint density at radius 2 is 2.25 bits per heavy atom. The summed E-state index contributed by atoms with van der Waals surface area (Å²) in [4.78, 5) is 10.5. The number of nitro benzene ring substituents is 1. The third kappa shape index (κ3) is 2.12. The first-order valence-electron chi connectivity index (χ1n) is 2.87. The van der Waals surface area contributed by atoms with Crippen molar-refractivity contribution in [3.8, 4) is 0 Å². The van der Waals surface area contributed by atoms with Crippen LogP contribution in [-0.2, 0) is 0 Å². The second-order valence-corrected chi connectivity index (χ2v) is 3.95. The van der Waals surface area contributed by atoms with Gasteiger partial charge in [-0.05, 0) is 37.1 Å². The van der Waals surface area contributed by atoms with Crippen LogP contribution in [0.2, 0.25) is 5.02 Å². The minimum Gasteiger partial charge on any atom is -0.258 e. The van der Waals surface area contributed by atoms with Gasteiger partial charge in [0.25, 0.3) is 5.69 Å². The first-order valence-corrected chi connectivity index (χ1v) is 5.91. The third-order valence-electron chi connectivity index (χ3n) is 1.20. The first-order chi connectivity index (χ1) is 5.65. The molecule has 0 atom stereocenters. The van der Waals surface area contributed by atoms with E-state index >= 15 is 0 Å². The summed E-state index contributed by atoms with van der Waals surface area (Å²) in [5.41, 5.74) is 0.0179. The van der Waals surface area contributed by atoms with E-state index < -0.39 is 4.92 Å². The van der Waals surface area contributed by atoms with Gasteiger partial charge in [-0.15, -0.1) is 0 Å². The highest BCUT2D eigenvalue weighted by atomic mass is 79.9. The molecule has 0 radical (unpaired) electrons. The lowest BCUT2D eigenvalue weighted by molar-refractivity contribution is -0.387. The van der Waals surface area contributed by atoms with E-state index in [1.807, 2.05) is 0 Å². The smallest absolute Gasteiger partial charge is 0.258 e. The molecule has 1 rings (SSSR count). The zero-order valence-corrected chi connectivity index (χ0v) is 8.82. The van der Waals surface area contributed by atoms with Crippen molar-refractivity contribution in [1.82, 2.24) is 0 Å². The van der Waals surface area contributed by atoms with E-state index in [0.717, 1.165) is 10.2 Å². The molecule has 1 aromatic carbocycles. The standard InChI is InChI=1S/C6H3BrClNO2S/c7-12-6-2-1-4(8)3-5(6)9(10)11/h1-3H. The molecule has 1 aromatic rings. The maximum Gasteiger partial charge on any atom is 0.285 e. The van der Waals surface area contributed by atoms with Gasteiger partial charge < -0.3 is 0 Å². The second-order valence-electron chi connectivity index (χ2n) is 1.95. The van der Waals surface area contributed by atoms with E-state index in [0.29, 0.717) is 9.92 Å². The van der Waals surface area contributed by atoms with Crippen LogP contribution >= 0.6 is 36.6 Å². The zero-order chi connectivity index (χ0) is 9.14. The van der Waals surface area contributed by atoms with Crippen molar-refractivity contribution in [3.05, 3.63) is 33.3 Å². The highest BCUT2D eigenvalue weighted by Crippen LogP contribution is 2.34. The van der Waals surface area contributed by atoms with E-state index in [2.05, 4.69) is 14.8 Å². The quantitative estimate of drug-likeness (QED) is 0.607. The zero-order valence-electron chi connectivity index (χ0n) is 5.66. The number of rotatable bonds is 2. The number of hydrogen-bond acceptors (Lipinski definition) is 3. The van der Waals surface area contributed by atoms with Crippen molar-refractivity contribution < 1.29 is 4.92 Å². The summed E-state index contributed by atoms with van der Waals surface area (Å²) in [5, 5.41) is 10.8. The molecule has 0 spiro atoms. The summed E-state index contributed by atoms with van der Waals surface area (Å²) in [7, 11) is 1.14. The van der Waals surface area contributed by atoms with Gasteiger partial charge in [0.1, 0.15) is 0 Å². The average molecular weight is 269 g/mol. The summed E-state index contributed by atoms with van der Waals surface area (Å²) in [6.45, 7) is 0. The minimum absolute atomic E-state index is 0.0179.